The molecule has 2 aliphatic carbocycles. The highest BCUT2D eigenvalue weighted by atomic mass is 16.5. The Morgan fingerprint density at radius 2 is 1.73 bits per heavy atom. The molecule has 0 spiro atoms. The van der Waals surface area contributed by atoms with Crippen molar-refractivity contribution in [3.63, 3.8) is 0 Å². The SMILES string of the molecule is CC1Cc2c(ccc3cc(N4CCOCC4)ccc23)C2=CC(Cc3ccccc3)C(C)C=C21. The Kier molecular flexibility index (Phi) is 5.34. The predicted octanol–water partition coefficient (Wildman–Crippen LogP) is 6.69. The largest absolute Gasteiger partial charge is 0.378 e. The summed E-state index contributed by atoms with van der Waals surface area (Å²) in [6, 6.07) is 22.8. The fraction of sp³-hybridized carbons (Fsp3) is 0.355. The number of hydrogen-bond acceptors (Lipinski definition) is 2. The van der Waals surface area contributed by atoms with Gasteiger partial charge in [-0.05, 0) is 81.3 Å². The molecule has 3 aromatic rings. The molecule has 3 unspecified atom stereocenters. The average Bonchev–Trinajstić information content (AvgIpc) is 2.86. The van der Waals surface area contributed by atoms with Gasteiger partial charge in [-0.25, -0.2) is 0 Å². The number of nitrogens with zero attached hydrogens (tertiary/aromatic N) is 1. The van der Waals surface area contributed by atoms with Crippen LogP contribution in [-0.4, -0.2) is 26.3 Å². The minimum Gasteiger partial charge on any atom is -0.378 e. The van der Waals surface area contributed by atoms with Crippen LogP contribution in [0.5, 0.6) is 0 Å². The maximum absolute atomic E-state index is 5.55. The van der Waals surface area contributed by atoms with E-state index in [-0.39, 0.29) is 0 Å². The molecular weight excluding hydrogens is 402 g/mol. The molecule has 2 heteroatoms. The van der Waals surface area contributed by atoms with Crippen molar-refractivity contribution in [3.8, 4) is 0 Å². The zero-order chi connectivity index (χ0) is 22.4. The third-order valence-electron chi connectivity index (χ3n) is 7.95. The number of ether oxygens (including phenoxy) is 1. The van der Waals surface area contributed by atoms with Gasteiger partial charge < -0.3 is 9.64 Å². The quantitative estimate of drug-likeness (QED) is 0.455. The molecule has 1 heterocycles. The van der Waals surface area contributed by atoms with Gasteiger partial charge in [-0.15, -0.1) is 0 Å². The summed E-state index contributed by atoms with van der Waals surface area (Å²) in [4.78, 5) is 2.45. The molecule has 0 saturated carbocycles. The third kappa shape index (κ3) is 3.81. The second-order valence-electron chi connectivity index (χ2n) is 10.1. The number of benzene rings is 3. The normalized spacial score (nSPS) is 24.7. The summed E-state index contributed by atoms with van der Waals surface area (Å²) >= 11 is 0. The van der Waals surface area contributed by atoms with E-state index >= 15 is 0 Å². The van der Waals surface area contributed by atoms with E-state index in [1.807, 2.05) is 0 Å². The van der Waals surface area contributed by atoms with Gasteiger partial charge in [0, 0.05) is 18.8 Å². The first-order chi connectivity index (χ1) is 16.2. The predicted molar refractivity (Wildman–Crippen MR) is 139 cm³/mol. The van der Waals surface area contributed by atoms with E-state index in [2.05, 4.69) is 91.6 Å². The van der Waals surface area contributed by atoms with Crippen LogP contribution in [0.15, 0.2) is 78.4 Å². The van der Waals surface area contributed by atoms with Gasteiger partial charge in [0.05, 0.1) is 13.2 Å². The van der Waals surface area contributed by atoms with Gasteiger partial charge >= 0.3 is 0 Å². The highest BCUT2D eigenvalue weighted by molar-refractivity contribution is 5.96. The molecule has 0 N–H and O–H groups in total. The zero-order valence-corrected chi connectivity index (χ0v) is 19.8. The average molecular weight is 436 g/mol. The molecule has 0 bridgehead atoms. The van der Waals surface area contributed by atoms with Crippen LogP contribution in [-0.2, 0) is 17.6 Å². The van der Waals surface area contributed by atoms with E-state index in [9.17, 15) is 0 Å². The fourth-order valence-electron chi connectivity index (χ4n) is 6.05. The smallest absolute Gasteiger partial charge is 0.0642 e. The topological polar surface area (TPSA) is 12.5 Å². The van der Waals surface area contributed by atoms with Crippen LogP contribution in [0.1, 0.15) is 30.5 Å². The number of hydrogen-bond donors (Lipinski definition) is 0. The van der Waals surface area contributed by atoms with Crippen molar-refractivity contribution in [2.75, 3.05) is 31.2 Å². The van der Waals surface area contributed by atoms with Crippen LogP contribution in [0.4, 0.5) is 5.69 Å². The van der Waals surface area contributed by atoms with Crippen molar-refractivity contribution in [1.29, 1.82) is 0 Å². The van der Waals surface area contributed by atoms with E-state index in [0.717, 1.165) is 39.1 Å². The van der Waals surface area contributed by atoms with Gasteiger partial charge in [-0.1, -0.05) is 74.5 Å². The van der Waals surface area contributed by atoms with E-state index in [0.29, 0.717) is 17.8 Å². The summed E-state index contributed by atoms with van der Waals surface area (Å²) in [5.74, 6) is 1.68. The van der Waals surface area contributed by atoms with Crippen molar-refractivity contribution in [3.05, 3.63) is 95.1 Å². The number of fused-ring (bicyclic) bond motifs is 5. The number of rotatable bonds is 3. The molecule has 1 fully saturated rings. The van der Waals surface area contributed by atoms with E-state index in [4.69, 9.17) is 4.74 Å². The number of morpholine rings is 1. The third-order valence-corrected chi connectivity index (χ3v) is 7.95. The monoisotopic (exact) mass is 435 g/mol. The highest BCUT2D eigenvalue weighted by Gasteiger charge is 2.31. The Labute approximate surface area is 197 Å². The lowest BCUT2D eigenvalue weighted by atomic mass is 9.69. The Hall–Kier alpha value is -2.84. The van der Waals surface area contributed by atoms with Gasteiger partial charge in [-0.3, -0.25) is 0 Å². The Morgan fingerprint density at radius 1 is 0.909 bits per heavy atom. The summed E-state index contributed by atoms with van der Waals surface area (Å²) in [7, 11) is 0. The van der Waals surface area contributed by atoms with Crippen molar-refractivity contribution >= 4 is 22.0 Å². The highest BCUT2D eigenvalue weighted by Crippen LogP contribution is 2.46. The van der Waals surface area contributed by atoms with Crippen LogP contribution in [0.2, 0.25) is 0 Å². The Morgan fingerprint density at radius 3 is 2.55 bits per heavy atom. The van der Waals surface area contributed by atoms with E-state index in [1.54, 1.807) is 5.57 Å². The van der Waals surface area contributed by atoms with Gasteiger partial charge in [0.25, 0.3) is 0 Å². The number of anilines is 1. The van der Waals surface area contributed by atoms with Crippen molar-refractivity contribution in [1.82, 2.24) is 0 Å². The first kappa shape index (κ1) is 20.7. The lowest BCUT2D eigenvalue weighted by Gasteiger charge is -2.35. The summed E-state index contributed by atoms with van der Waals surface area (Å²) < 4.78 is 5.55. The second-order valence-corrected chi connectivity index (χ2v) is 10.1. The van der Waals surface area contributed by atoms with Crippen molar-refractivity contribution < 1.29 is 4.74 Å². The molecule has 3 atom stereocenters. The molecule has 3 aliphatic rings. The van der Waals surface area contributed by atoms with Gasteiger partial charge in [0.15, 0.2) is 0 Å². The minimum absolute atomic E-state index is 0.545. The van der Waals surface area contributed by atoms with Crippen molar-refractivity contribution in [2.24, 2.45) is 17.8 Å². The first-order valence-corrected chi connectivity index (χ1v) is 12.5. The molecule has 3 aromatic carbocycles. The van der Waals surface area contributed by atoms with Crippen LogP contribution in [0, 0.1) is 17.8 Å². The summed E-state index contributed by atoms with van der Waals surface area (Å²) in [5.41, 5.74) is 8.79. The zero-order valence-electron chi connectivity index (χ0n) is 19.8. The van der Waals surface area contributed by atoms with E-state index in [1.165, 1.54) is 38.7 Å². The minimum atomic E-state index is 0.545. The molecule has 0 radical (unpaired) electrons. The van der Waals surface area contributed by atoms with Gasteiger partial charge in [0.2, 0.25) is 0 Å². The van der Waals surface area contributed by atoms with Crippen LogP contribution in [0.3, 0.4) is 0 Å². The molecule has 33 heavy (non-hydrogen) atoms. The lowest BCUT2D eigenvalue weighted by Crippen LogP contribution is -2.36. The van der Waals surface area contributed by atoms with Crippen LogP contribution < -0.4 is 4.90 Å². The molecule has 1 saturated heterocycles. The molecule has 0 aromatic heterocycles. The number of allylic oxidation sites excluding steroid dienone is 4. The molecule has 2 nitrogen and oxygen atoms in total. The summed E-state index contributed by atoms with van der Waals surface area (Å²) in [6.07, 6.45) is 7.40. The first-order valence-electron chi connectivity index (χ1n) is 12.5. The maximum Gasteiger partial charge on any atom is 0.0642 e. The molecular formula is C31H33NO. The maximum atomic E-state index is 5.55. The summed E-state index contributed by atoms with van der Waals surface area (Å²) in [5, 5.41) is 2.79. The Balaban J connectivity index is 1.39. The molecule has 168 valence electrons. The lowest BCUT2D eigenvalue weighted by molar-refractivity contribution is 0.122. The van der Waals surface area contributed by atoms with E-state index < -0.39 is 0 Å². The standard InChI is InChI=1S/C31H33NO/c1-21-16-29-22(2)17-30-27-11-9-26(32-12-14-33-15-13-32)19-24(27)8-10-28(30)31(29)20-25(21)18-23-6-4-3-5-7-23/h3-11,16,19-22,25H,12-15,17-18H2,1-2H3. The molecule has 1 aliphatic heterocycles. The van der Waals surface area contributed by atoms with Crippen molar-refractivity contribution in [2.45, 2.75) is 26.7 Å². The van der Waals surface area contributed by atoms with Crippen LogP contribution >= 0.6 is 0 Å². The fourth-order valence-corrected chi connectivity index (χ4v) is 6.05. The molecule has 0 amide bonds. The Bertz CT molecular complexity index is 1230. The summed E-state index contributed by atoms with van der Waals surface area (Å²) in [6.45, 7) is 8.42. The van der Waals surface area contributed by atoms with Crippen LogP contribution in [0.25, 0.3) is 16.3 Å². The van der Waals surface area contributed by atoms with Gasteiger partial charge in [0.1, 0.15) is 0 Å². The molecule has 6 rings (SSSR count). The van der Waals surface area contributed by atoms with Gasteiger partial charge in [-0.2, -0.15) is 0 Å². The second kappa shape index (κ2) is 8.50.